The smallest absolute Gasteiger partial charge is 0.0854 e. The Kier molecular flexibility index (Phi) is 3.32. The first-order chi connectivity index (χ1) is 14.4. The monoisotopic (exact) mass is 388 g/mol. The molecule has 2 heterocycles. The average Bonchev–Trinajstić information content (AvgIpc) is 3.03. The zero-order valence-corrected chi connectivity index (χ0v) is 17.8. The standard InChI is InChI=1S/C28H24N2/c1-17-15-23-25-18(13-14-29-23)16-24(27(2,3)4)30-26(25)28(17)21-11-7-5-9-19(21)20-10-6-8-12-22(20)28/h5-16H,1-4H3. The summed E-state index contributed by atoms with van der Waals surface area (Å²) in [7, 11) is 0. The summed E-state index contributed by atoms with van der Waals surface area (Å²) in [5.74, 6) is 0. The highest BCUT2D eigenvalue weighted by Crippen LogP contribution is 2.58. The molecule has 4 aromatic rings. The Balaban J connectivity index is 1.85. The van der Waals surface area contributed by atoms with E-state index in [1.807, 2.05) is 6.20 Å². The molecule has 2 aliphatic carbocycles. The molecule has 0 saturated carbocycles. The molecule has 2 aliphatic rings. The van der Waals surface area contributed by atoms with Crippen molar-refractivity contribution < 1.29 is 0 Å². The maximum Gasteiger partial charge on any atom is 0.0854 e. The van der Waals surface area contributed by atoms with E-state index in [9.17, 15) is 0 Å². The van der Waals surface area contributed by atoms with Crippen LogP contribution in [0.5, 0.6) is 0 Å². The summed E-state index contributed by atoms with van der Waals surface area (Å²) in [5.41, 5.74) is 9.43. The van der Waals surface area contributed by atoms with Gasteiger partial charge in [0.1, 0.15) is 0 Å². The van der Waals surface area contributed by atoms with Crippen LogP contribution in [-0.2, 0) is 10.8 Å². The lowest BCUT2D eigenvalue weighted by atomic mass is 9.66. The van der Waals surface area contributed by atoms with Crippen LogP contribution >= 0.6 is 0 Å². The minimum absolute atomic E-state index is 0.0397. The second-order valence-electron chi connectivity index (χ2n) is 9.57. The Labute approximate surface area is 177 Å². The fourth-order valence-corrected chi connectivity index (χ4v) is 5.41. The van der Waals surface area contributed by atoms with Crippen molar-refractivity contribution in [2.75, 3.05) is 0 Å². The predicted octanol–water partition coefficient (Wildman–Crippen LogP) is 6.66. The van der Waals surface area contributed by atoms with Crippen LogP contribution in [0.1, 0.15) is 55.9 Å². The van der Waals surface area contributed by atoms with Gasteiger partial charge >= 0.3 is 0 Å². The molecule has 0 N–H and O–H groups in total. The Morgan fingerprint density at radius 3 is 2.10 bits per heavy atom. The molecule has 0 fully saturated rings. The number of hydrogen-bond acceptors (Lipinski definition) is 2. The lowest BCUT2D eigenvalue weighted by molar-refractivity contribution is 0.561. The molecule has 0 radical (unpaired) electrons. The SMILES string of the molecule is CC1=Cc2nccc3cc(C(C)(C)C)nc(c23)C12c1ccccc1-c1ccccc12. The van der Waals surface area contributed by atoms with E-state index in [0.29, 0.717) is 0 Å². The van der Waals surface area contributed by atoms with Gasteiger partial charge in [-0.05, 0) is 52.8 Å². The Hall–Kier alpha value is -3.26. The summed E-state index contributed by atoms with van der Waals surface area (Å²) in [5, 5.41) is 2.41. The number of allylic oxidation sites excluding steroid dienone is 1. The second kappa shape index (κ2) is 5.66. The molecule has 2 aromatic heterocycles. The lowest BCUT2D eigenvalue weighted by Crippen LogP contribution is -2.33. The third-order valence-electron chi connectivity index (χ3n) is 6.79. The van der Waals surface area contributed by atoms with Gasteiger partial charge in [-0.1, -0.05) is 74.9 Å². The van der Waals surface area contributed by atoms with Gasteiger partial charge in [-0.3, -0.25) is 9.97 Å². The Morgan fingerprint density at radius 2 is 1.47 bits per heavy atom. The molecule has 146 valence electrons. The number of pyridine rings is 2. The lowest BCUT2D eigenvalue weighted by Gasteiger charge is -2.37. The Morgan fingerprint density at radius 1 is 0.833 bits per heavy atom. The van der Waals surface area contributed by atoms with Crippen LogP contribution in [0.3, 0.4) is 0 Å². The summed E-state index contributed by atoms with van der Waals surface area (Å²) < 4.78 is 0. The zero-order chi connectivity index (χ0) is 20.7. The van der Waals surface area contributed by atoms with E-state index in [1.54, 1.807) is 0 Å². The van der Waals surface area contributed by atoms with Crippen molar-refractivity contribution in [1.29, 1.82) is 0 Å². The summed E-state index contributed by atoms with van der Waals surface area (Å²) in [6.45, 7) is 8.97. The first-order valence-corrected chi connectivity index (χ1v) is 10.6. The molecule has 30 heavy (non-hydrogen) atoms. The molecule has 0 unspecified atom stereocenters. The van der Waals surface area contributed by atoms with Crippen LogP contribution in [-0.4, -0.2) is 9.97 Å². The van der Waals surface area contributed by atoms with E-state index in [1.165, 1.54) is 38.6 Å². The molecule has 1 spiro atoms. The number of nitrogens with zero attached hydrogens (tertiary/aromatic N) is 2. The molecule has 2 nitrogen and oxygen atoms in total. The molecule has 6 rings (SSSR count). The molecule has 2 aromatic carbocycles. The van der Waals surface area contributed by atoms with Crippen LogP contribution in [0.25, 0.3) is 28.0 Å². The topological polar surface area (TPSA) is 25.8 Å². The molecule has 0 bridgehead atoms. The quantitative estimate of drug-likeness (QED) is 0.337. The number of aromatic nitrogens is 2. The van der Waals surface area contributed by atoms with Crippen molar-refractivity contribution in [2.45, 2.75) is 38.5 Å². The normalized spacial score (nSPS) is 15.8. The zero-order valence-electron chi connectivity index (χ0n) is 17.8. The van der Waals surface area contributed by atoms with Crippen molar-refractivity contribution in [3.8, 4) is 11.1 Å². The maximum atomic E-state index is 5.41. The molecule has 0 atom stereocenters. The van der Waals surface area contributed by atoms with Crippen molar-refractivity contribution in [1.82, 2.24) is 9.97 Å². The van der Waals surface area contributed by atoms with Gasteiger partial charge in [0.25, 0.3) is 0 Å². The van der Waals surface area contributed by atoms with Crippen molar-refractivity contribution in [2.24, 2.45) is 0 Å². The van der Waals surface area contributed by atoms with Gasteiger partial charge in [-0.15, -0.1) is 0 Å². The van der Waals surface area contributed by atoms with Crippen molar-refractivity contribution >= 4 is 16.8 Å². The minimum atomic E-state index is -0.372. The first kappa shape index (κ1) is 17.6. The Bertz CT molecular complexity index is 1340. The van der Waals surface area contributed by atoms with Gasteiger partial charge < -0.3 is 0 Å². The molecule has 2 heteroatoms. The molecule has 0 aliphatic heterocycles. The van der Waals surface area contributed by atoms with E-state index in [-0.39, 0.29) is 10.8 Å². The highest BCUT2D eigenvalue weighted by Gasteiger charge is 2.49. The van der Waals surface area contributed by atoms with E-state index < -0.39 is 0 Å². The number of benzene rings is 2. The minimum Gasteiger partial charge on any atom is -0.256 e. The predicted molar refractivity (Wildman–Crippen MR) is 124 cm³/mol. The van der Waals surface area contributed by atoms with Gasteiger partial charge in [0.05, 0.1) is 16.8 Å². The summed E-state index contributed by atoms with van der Waals surface area (Å²) >= 11 is 0. The number of fused-ring (bicyclic) bond motifs is 6. The van der Waals surface area contributed by atoms with Crippen LogP contribution in [0.2, 0.25) is 0 Å². The molecule has 0 amide bonds. The fraction of sp³-hybridized carbons (Fsp3) is 0.214. The first-order valence-electron chi connectivity index (χ1n) is 10.6. The summed E-state index contributed by atoms with van der Waals surface area (Å²) in [6, 6.07) is 22.0. The maximum absolute atomic E-state index is 5.41. The van der Waals surface area contributed by atoms with Crippen LogP contribution < -0.4 is 0 Å². The van der Waals surface area contributed by atoms with E-state index in [0.717, 1.165) is 17.1 Å². The fourth-order valence-electron chi connectivity index (χ4n) is 5.41. The van der Waals surface area contributed by atoms with E-state index in [2.05, 4.69) is 94.4 Å². The van der Waals surface area contributed by atoms with E-state index >= 15 is 0 Å². The molecule has 0 saturated heterocycles. The van der Waals surface area contributed by atoms with Gasteiger partial charge in [0, 0.05) is 22.7 Å². The van der Waals surface area contributed by atoms with Gasteiger partial charge in [0.2, 0.25) is 0 Å². The largest absolute Gasteiger partial charge is 0.256 e. The summed E-state index contributed by atoms with van der Waals surface area (Å²) in [6.07, 6.45) is 4.19. The van der Waals surface area contributed by atoms with Crippen molar-refractivity contribution in [3.05, 3.63) is 101 Å². The number of rotatable bonds is 0. The average molecular weight is 389 g/mol. The molecular weight excluding hydrogens is 364 g/mol. The molecular formula is C28H24N2. The van der Waals surface area contributed by atoms with Gasteiger partial charge in [-0.2, -0.15) is 0 Å². The van der Waals surface area contributed by atoms with Gasteiger partial charge in [-0.25, -0.2) is 0 Å². The third-order valence-corrected chi connectivity index (χ3v) is 6.79. The summed E-state index contributed by atoms with van der Waals surface area (Å²) in [4.78, 5) is 10.1. The number of hydrogen-bond donors (Lipinski definition) is 0. The third kappa shape index (κ3) is 2.04. The van der Waals surface area contributed by atoms with Crippen LogP contribution in [0.4, 0.5) is 0 Å². The van der Waals surface area contributed by atoms with Crippen LogP contribution in [0, 0.1) is 0 Å². The van der Waals surface area contributed by atoms with Crippen molar-refractivity contribution in [3.63, 3.8) is 0 Å². The van der Waals surface area contributed by atoms with E-state index in [4.69, 9.17) is 9.97 Å². The van der Waals surface area contributed by atoms with Gasteiger partial charge in [0.15, 0.2) is 0 Å². The second-order valence-corrected chi connectivity index (χ2v) is 9.57. The highest BCUT2D eigenvalue weighted by molar-refractivity contribution is 6.00. The van der Waals surface area contributed by atoms with Crippen LogP contribution in [0.15, 0.2) is 72.4 Å². The highest BCUT2D eigenvalue weighted by atomic mass is 14.8.